The van der Waals surface area contributed by atoms with E-state index >= 15 is 14.4 Å². The van der Waals surface area contributed by atoms with Gasteiger partial charge in [-0.25, -0.2) is 39.5 Å². The summed E-state index contributed by atoms with van der Waals surface area (Å²) < 4.78 is 44.9. The summed E-state index contributed by atoms with van der Waals surface area (Å²) in [6.07, 6.45) is -6.77. The number of benzene rings is 1. The molecule has 0 spiro atoms. The van der Waals surface area contributed by atoms with Gasteiger partial charge in [-0.15, -0.1) is 56.7 Å². The number of carbonyl (C=O) groups is 8. The van der Waals surface area contributed by atoms with E-state index in [0.29, 0.717) is 10.3 Å². The van der Waals surface area contributed by atoms with Gasteiger partial charge in [-0.3, -0.25) is 33.7 Å². The maximum Gasteiger partial charge on any atom is 0.358 e. The predicted octanol–water partition coefficient (Wildman–Crippen LogP) is 4.26. The van der Waals surface area contributed by atoms with Gasteiger partial charge in [-0.2, -0.15) is 4.73 Å². The van der Waals surface area contributed by atoms with E-state index in [1.54, 1.807) is 12.1 Å². The first kappa shape index (κ1) is 67.0. The zero-order chi connectivity index (χ0) is 69.3. The zero-order valence-electron chi connectivity index (χ0n) is 52.3. The van der Waals surface area contributed by atoms with Crippen LogP contribution in [0.3, 0.4) is 0 Å². The molecule has 32 nitrogen and oxygen atoms in total. The minimum atomic E-state index is -1.84. The van der Waals surface area contributed by atoms with E-state index < -0.39 is 139 Å². The normalized spacial score (nSPS) is 24.7. The summed E-state index contributed by atoms with van der Waals surface area (Å²) in [6.45, 7) is 8.48. The number of carbonyl (C=O) groups excluding carboxylic acids is 8. The lowest BCUT2D eigenvalue weighted by Crippen LogP contribution is -2.58. The number of nitrogens with zero attached hydrogens (tertiary/aromatic N) is 8. The van der Waals surface area contributed by atoms with Crippen LogP contribution in [0.5, 0.6) is 5.75 Å². The SMILES string of the molecule is C=C(NC(=O)c1csc(-c2nc3c(cc2O)-c2nc(cs2)C(=O)N[C@@H]([C@H](C)O)C(=O)N/C(=C(\C)OC)c2nc(cs2)C(=O)N[C@@H]2c4nc(cs4)C(=O)N[C@@H](COC(=O)c4c5c6c(cccc6n4O)COC(=O)[C@H](O[C@H]4C[C@]6(C)OCN(C)[C@@H]6[C@H](C)O4)[C@@H]2OC5)c2nc-3cs2)n1)C(N)=O. The predicted molar refractivity (Wildman–Crippen MR) is 348 cm³/mol. The Balaban J connectivity index is 0.984. The third kappa shape index (κ3) is 12.6. The van der Waals surface area contributed by atoms with Crippen LogP contribution in [0.25, 0.3) is 49.3 Å². The number of rotatable bonds is 8. The number of aliphatic hydroxyl groups is 1. The standard InChI is InChI=1S/C61H58N14O18S5/c1-22(48(62)78)63-49(79)31-18-97-57(68-31)42-36(77)11-27-41(70-42)30-16-95-55(65-30)29-15-90-59(84)44-28-14-88-45(46(60(85)89-13-26-9-8-10-35(38(26)28)75(44)86)93-37-12-61(5)47(25(4)92-37)74(6)21-91-61)43(58-69-32(19-98-58)50(80)64-29)73-52(82)34-20-96-56(67-34)40(24(3)87-7)72-53(83)39(23(2)76)71-51(81)33-17-94-54(27)66-33/h8-11,16-20,23,25,29,37,39,43,45-47,76-77,86H,1,12-15,21H2,2-7H3,(H2,62,78)(H,63,79)(H,64,80)(H,71,81)(H,72,83)(H,73,82)/b40-24+/t23-,25-,29-,37-,39-,43-,45+,46+,47+,61-/m0/s1. The Hall–Kier alpha value is -9.54. The Morgan fingerprint density at radius 1 is 0.857 bits per heavy atom. The molecule has 1 aromatic carbocycles. The summed E-state index contributed by atoms with van der Waals surface area (Å²) in [5.74, 6) is -8.11. The van der Waals surface area contributed by atoms with E-state index in [-0.39, 0.29) is 118 Å². The van der Waals surface area contributed by atoms with Crippen molar-refractivity contribution in [3.63, 3.8) is 0 Å². The van der Waals surface area contributed by atoms with E-state index in [2.05, 4.69) is 48.1 Å². The number of likely N-dealkylation sites (N-methyl/N-ethyl adjacent to an activating group) is 1. The van der Waals surface area contributed by atoms with E-state index in [1.807, 2.05) is 25.8 Å². The zero-order valence-corrected chi connectivity index (χ0v) is 56.4. The van der Waals surface area contributed by atoms with Crippen LogP contribution >= 0.6 is 56.7 Å². The van der Waals surface area contributed by atoms with Crippen molar-refractivity contribution >= 4 is 121 Å². The molecule has 0 aliphatic carbocycles. The second-order valence-electron chi connectivity index (χ2n) is 23.3. The molecule has 5 aliphatic heterocycles. The number of aromatic hydroxyl groups is 1. The van der Waals surface area contributed by atoms with Gasteiger partial charge in [0.25, 0.3) is 29.5 Å². The van der Waals surface area contributed by atoms with Crippen molar-refractivity contribution in [1.29, 1.82) is 0 Å². The van der Waals surface area contributed by atoms with Gasteiger partial charge >= 0.3 is 11.9 Å². The van der Waals surface area contributed by atoms with E-state index in [9.17, 15) is 39.4 Å². The van der Waals surface area contributed by atoms with Gasteiger partial charge in [0.05, 0.1) is 55.5 Å². The quantitative estimate of drug-likeness (QED) is 0.0444. The second kappa shape index (κ2) is 26.7. The lowest BCUT2D eigenvalue weighted by Gasteiger charge is -2.45. The molecule has 10 atom stereocenters. The van der Waals surface area contributed by atoms with Crippen molar-refractivity contribution in [2.75, 3.05) is 27.5 Å². The number of fused-ring (bicyclic) bond motifs is 16. The minimum absolute atomic E-state index is 0.00256. The number of nitrogens with two attached hydrogens (primary N) is 1. The molecule has 2 fully saturated rings. The van der Waals surface area contributed by atoms with Crippen molar-refractivity contribution < 1.29 is 86.9 Å². The number of thiazole rings is 5. The first-order valence-electron chi connectivity index (χ1n) is 29.8. The van der Waals surface area contributed by atoms with Crippen molar-refractivity contribution in [2.45, 2.75) is 108 Å². The topological polar surface area (TPSA) is 434 Å². The maximum atomic E-state index is 15.2. The highest BCUT2D eigenvalue weighted by atomic mass is 32.1. The molecule has 6 amide bonds. The van der Waals surface area contributed by atoms with Gasteiger partial charge in [0.1, 0.15) is 120 Å². The molecule has 0 radical (unpaired) electrons. The van der Waals surface area contributed by atoms with Crippen molar-refractivity contribution in [3.05, 3.63) is 124 Å². The molecule has 0 saturated carbocycles. The van der Waals surface area contributed by atoms with Crippen LogP contribution in [0.2, 0.25) is 0 Å². The van der Waals surface area contributed by atoms with Crippen molar-refractivity contribution in [1.82, 2.24) is 66.1 Å². The van der Waals surface area contributed by atoms with Gasteiger partial charge in [-0.1, -0.05) is 18.7 Å². The highest BCUT2D eigenvalue weighted by Gasteiger charge is 2.54. The summed E-state index contributed by atoms with van der Waals surface area (Å²) in [5, 5.41) is 55.6. The molecule has 5 aliphatic rings. The number of nitrogens with one attached hydrogen (secondary N) is 5. The first-order valence-corrected chi connectivity index (χ1v) is 34.2. The number of aromatic nitrogens is 7. The van der Waals surface area contributed by atoms with Gasteiger partial charge in [0, 0.05) is 49.8 Å². The number of cyclic esters (lactones) is 2. The summed E-state index contributed by atoms with van der Waals surface area (Å²) in [4.78, 5) is 144. The van der Waals surface area contributed by atoms with Crippen molar-refractivity contribution in [3.8, 4) is 38.4 Å². The molecule has 12 heterocycles. The Bertz CT molecular complexity index is 4650. The fourth-order valence-electron chi connectivity index (χ4n) is 12.0. The molecule has 8 aromatic rings. The van der Waals surface area contributed by atoms with Crippen LogP contribution in [0.4, 0.5) is 0 Å². The number of amides is 6. The summed E-state index contributed by atoms with van der Waals surface area (Å²) >= 11 is 4.53. The molecule has 12 bridgehead atoms. The van der Waals surface area contributed by atoms with Crippen LogP contribution in [0.1, 0.15) is 125 Å². The number of methoxy groups -OCH3 is 1. The number of allylic oxidation sites excluding steroid dienone is 1. The average molecular weight is 1440 g/mol. The molecule has 10 N–H and O–H groups in total. The lowest BCUT2D eigenvalue weighted by molar-refractivity contribution is -0.268. The van der Waals surface area contributed by atoms with Gasteiger partial charge in [0.15, 0.2) is 18.1 Å². The summed E-state index contributed by atoms with van der Waals surface area (Å²) in [5.41, 5.74) is 2.86. The van der Waals surface area contributed by atoms with Crippen LogP contribution in [-0.2, 0) is 60.8 Å². The monoisotopic (exact) mass is 1430 g/mol. The molecule has 2 saturated heterocycles. The van der Waals surface area contributed by atoms with Crippen LogP contribution in [-0.4, -0.2) is 178 Å². The Kier molecular flexibility index (Phi) is 18.3. The van der Waals surface area contributed by atoms with Gasteiger partial charge < -0.3 is 80.9 Å². The van der Waals surface area contributed by atoms with Gasteiger partial charge in [0.2, 0.25) is 5.91 Å². The Morgan fingerprint density at radius 2 is 1.54 bits per heavy atom. The van der Waals surface area contributed by atoms with Crippen LogP contribution < -0.4 is 32.3 Å². The average Bonchev–Trinajstić information content (AvgIpc) is 1.63. The third-order valence-electron chi connectivity index (χ3n) is 16.8. The summed E-state index contributed by atoms with van der Waals surface area (Å²) in [6, 6.07) is 1.10. The highest BCUT2D eigenvalue weighted by molar-refractivity contribution is 7.14. The Morgan fingerprint density at radius 3 is 2.30 bits per heavy atom. The minimum Gasteiger partial charge on any atom is -0.506 e. The third-order valence-corrected chi connectivity index (χ3v) is 21.3. The van der Waals surface area contributed by atoms with Crippen LogP contribution in [0.15, 0.2) is 69.2 Å². The molecule has 37 heteroatoms. The fraction of sp³-hybridized carbons (Fsp3) is 0.344. The first-order chi connectivity index (χ1) is 46.9. The Labute approximate surface area is 573 Å². The maximum absolute atomic E-state index is 15.2. The van der Waals surface area contributed by atoms with E-state index in [4.69, 9.17) is 53.8 Å². The van der Waals surface area contributed by atoms with Gasteiger partial charge in [-0.05, 0) is 52.4 Å². The molecule has 13 rings (SSSR count). The molecule has 7 aromatic heterocycles. The summed E-state index contributed by atoms with van der Waals surface area (Å²) in [7, 11) is 3.20. The lowest BCUT2D eigenvalue weighted by atomic mass is 9.86. The number of pyridine rings is 1. The molecule has 98 heavy (non-hydrogen) atoms. The highest BCUT2D eigenvalue weighted by Crippen LogP contribution is 2.44. The fourth-order valence-corrected chi connectivity index (χ4v) is 16.2. The number of esters is 2. The largest absolute Gasteiger partial charge is 0.506 e. The molecule has 510 valence electrons. The van der Waals surface area contributed by atoms with E-state index in [0.717, 1.165) is 56.7 Å². The van der Waals surface area contributed by atoms with E-state index in [1.165, 1.54) is 60.0 Å². The molecular weight excluding hydrogens is 1380 g/mol. The second-order valence-corrected chi connectivity index (χ2v) is 27.7. The number of aliphatic hydroxyl groups excluding tert-OH is 1. The smallest absolute Gasteiger partial charge is 0.358 e. The molecule has 0 unspecified atom stereocenters. The number of ether oxygens (including phenoxy) is 7. The number of primary amides is 1. The number of hydrogen-bond acceptors (Lipinski definition) is 30. The number of hydrogen-bond donors (Lipinski definition) is 9. The molecular formula is C61H58N14O18S5. The van der Waals surface area contributed by atoms with Crippen LogP contribution in [0, 0.1) is 0 Å². The van der Waals surface area contributed by atoms with Crippen molar-refractivity contribution in [2.24, 2.45) is 5.73 Å².